The number of aromatic carboxylic acids is 1. The topological polar surface area (TPSA) is 56.7 Å². The zero-order valence-corrected chi connectivity index (χ0v) is 16.6. The fraction of sp³-hybridized carbons (Fsp3) is 0.444. The molecule has 0 aliphatic carbocycles. The molecule has 1 aromatic carbocycles. The van der Waals surface area contributed by atoms with Crippen molar-refractivity contribution in [2.45, 2.75) is 27.7 Å². The van der Waals surface area contributed by atoms with Crippen LogP contribution in [0.2, 0.25) is 5.02 Å². The van der Waals surface area contributed by atoms with E-state index in [4.69, 9.17) is 16.7 Å². The van der Waals surface area contributed by atoms with E-state index >= 15 is 0 Å². The maximum atomic E-state index is 11.2. The van der Waals surface area contributed by atoms with Crippen molar-refractivity contribution in [1.29, 1.82) is 0 Å². The first-order valence-corrected chi connectivity index (χ1v) is 9.58. The molecule has 1 N–H and O–H groups in total. The molecule has 0 atom stereocenters. The number of anilines is 2. The summed E-state index contributed by atoms with van der Waals surface area (Å²) < 4.78 is 4.41. The second-order valence-corrected chi connectivity index (χ2v) is 7.00. The van der Waals surface area contributed by atoms with Crippen LogP contribution in [0, 0.1) is 13.8 Å². The number of carboxylic acids is 1. The molecule has 0 radical (unpaired) electrons. The molecule has 136 valence electrons. The lowest BCUT2D eigenvalue weighted by molar-refractivity contribution is 0.0697. The van der Waals surface area contributed by atoms with E-state index in [1.807, 2.05) is 20.8 Å². The van der Waals surface area contributed by atoms with E-state index in [0.29, 0.717) is 5.02 Å². The van der Waals surface area contributed by atoms with Crippen molar-refractivity contribution >= 4 is 40.5 Å². The van der Waals surface area contributed by atoms with Gasteiger partial charge in [0.05, 0.1) is 27.7 Å². The summed E-state index contributed by atoms with van der Waals surface area (Å²) in [6.45, 7) is 11.5. The normalized spacial score (nSPS) is 14.1. The number of halogens is 1. The monoisotopic (exact) mass is 381 g/mol. The standard InChI is InChI=1S/C16H18ClN3O2S.C2H6/c1-10-15(11(2)23-18-10)20-7-5-19(6-8-20)14-9-12(16(21)22)3-4-13(14)17;1-2/h3-4,9H,5-8H2,1-2H3,(H,21,22);1-2H3. The molecule has 2 heterocycles. The van der Waals surface area contributed by atoms with E-state index in [9.17, 15) is 4.79 Å². The maximum absolute atomic E-state index is 11.2. The van der Waals surface area contributed by atoms with Crippen LogP contribution in [0.25, 0.3) is 0 Å². The van der Waals surface area contributed by atoms with Gasteiger partial charge in [0.25, 0.3) is 0 Å². The number of benzene rings is 1. The van der Waals surface area contributed by atoms with Crippen LogP contribution in [-0.4, -0.2) is 41.6 Å². The number of piperazine rings is 1. The molecule has 1 aliphatic heterocycles. The van der Waals surface area contributed by atoms with Gasteiger partial charge in [-0.1, -0.05) is 25.4 Å². The van der Waals surface area contributed by atoms with Crippen LogP contribution in [0.4, 0.5) is 11.4 Å². The Labute approximate surface area is 158 Å². The van der Waals surface area contributed by atoms with Crippen LogP contribution in [-0.2, 0) is 0 Å². The van der Waals surface area contributed by atoms with E-state index in [-0.39, 0.29) is 5.56 Å². The number of hydrogen-bond donors (Lipinski definition) is 1. The summed E-state index contributed by atoms with van der Waals surface area (Å²) in [4.78, 5) is 16.9. The second kappa shape index (κ2) is 8.54. The summed E-state index contributed by atoms with van der Waals surface area (Å²) in [6.07, 6.45) is 0. The predicted octanol–water partition coefficient (Wildman–Crippen LogP) is 4.46. The minimum Gasteiger partial charge on any atom is -0.478 e. The maximum Gasteiger partial charge on any atom is 0.335 e. The Morgan fingerprint density at radius 2 is 1.76 bits per heavy atom. The average Bonchev–Trinajstić information content (AvgIpc) is 2.96. The first-order valence-electron chi connectivity index (χ1n) is 8.43. The largest absolute Gasteiger partial charge is 0.478 e. The molecular formula is C18H24ClN3O2S. The highest BCUT2D eigenvalue weighted by molar-refractivity contribution is 7.06. The number of carboxylic acid groups (broad SMARTS) is 1. The lowest BCUT2D eigenvalue weighted by Crippen LogP contribution is -2.47. The average molecular weight is 382 g/mol. The SMILES string of the molecule is CC.Cc1nsc(C)c1N1CCN(c2cc(C(=O)O)ccc2Cl)CC1. The van der Waals surface area contributed by atoms with Crippen LogP contribution in [0.1, 0.15) is 34.8 Å². The van der Waals surface area contributed by atoms with Gasteiger partial charge < -0.3 is 14.9 Å². The third kappa shape index (κ3) is 4.25. The molecule has 0 unspecified atom stereocenters. The van der Waals surface area contributed by atoms with E-state index in [1.54, 1.807) is 12.1 Å². The van der Waals surface area contributed by atoms with Crippen molar-refractivity contribution in [2.75, 3.05) is 36.0 Å². The van der Waals surface area contributed by atoms with Crippen LogP contribution in [0.3, 0.4) is 0 Å². The Morgan fingerprint density at radius 1 is 1.16 bits per heavy atom. The van der Waals surface area contributed by atoms with Gasteiger partial charge in [-0.15, -0.1) is 0 Å². The number of aromatic nitrogens is 1. The third-order valence-corrected chi connectivity index (χ3v) is 5.28. The summed E-state index contributed by atoms with van der Waals surface area (Å²) in [5.41, 5.74) is 3.37. The molecule has 1 aliphatic rings. The molecule has 0 saturated carbocycles. The fourth-order valence-electron chi connectivity index (χ4n) is 2.99. The van der Waals surface area contributed by atoms with E-state index in [1.165, 1.54) is 28.2 Å². The number of hydrogen-bond acceptors (Lipinski definition) is 5. The Bertz CT molecular complexity index is 720. The molecule has 1 fully saturated rings. The predicted molar refractivity (Wildman–Crippen MR) is 106 cm³/mol. The van der Waals surface area contributed by atoms with E-state index < -0.39 is 5.97 Å². The summed E-state index contributed by atoms with van der Waals surface area (Å²) in [6, 6.07) is 4.85. The molecular weight excluding hydrogens is 358 g/mol. The molecule has 2 aromatic rings. The highest BCUT2D eigenvalue weighted by Gasteiger charge is 2.23. The number of carbonyl (C=O) groups is 1. The second-order valence-electron chi connectivity index (χ2n) is 5.62. The van der Waals surface area contributed by atoms with Gasteiger partial charge in [0.1, 0.15) is 0 Å². The van der Waals surface area contributed by atoms with Gasteiger partial charge >= 0.3 is 5.97 Å². The summed E-state index contributed by atoms with van der Waals surface area (Å²) in [5, 5.41) is 9.74. The van der Waals surface area contributed by atoms with Gasteiger partial charge in [-0.05, 0) is 43.6 Å². The van der Waals surface area contributed by atoms with Crippen molar-refractivity contribution in [2.24, 2.45) is 0 Å². The quantitative estimate of drug-likeness (QED) is 0.850. The Kier molecular flexibility index (Phi) is 6.67. The summed E-state index contributed by atoms with van der Waals surface area (Å²) in [5.74, 6) is -0.933. The van der Waals surface area contributed by atoms with Crippen molar-refractivity contribution in [3.05, 3.63) is 39.4 Å². The molecule has 5 nitrogen and oxygen atoms in total. The van der Waals surface area contributed by atoms with Crippen molar-refractivity contribution in [3.8, 4) is 0 Å². The fourth-order valence-corrected chi connectivity index (χ4v) is 3.95. The van der Waals surface area contributed by atoms with Gasteiger partial charge in [0.2, 0.25) is 0 Å². The van der Waals surface area contributed by atoms with Crippen LogP contribution < -0.4 is 9.80 Å². The number of rotatable bonds is 3. The molecule has 3 rings (SSSR count). The van der Waals surface area contributed by atoms with Crippen LogP contribution in [0.5, 0.6) is 0 Å². The van der Waals surface area contributed by atoms with E-state index in [0.717, 1.165) is 37.6 Å². The zero-order valence-electron chi connectivity index (χ0n) is 15.0. The number of aryl methyl sites for hydroxylation is 2. The molecule has 1 aromatic heterocycles. The molecule has 25 heavy (non-hydrogen) atoms. The molecule has 0 bridgehead atoms. The van der Waals surface area contributed by atoms with Gasteiger partial charge in [-0.3, -0.25) is 0 Å². The minimum absolute atomic E-state index is 0.264. The first-order chi connectivity index (χ1) is 12.0. The highest BCUT2D eigenvalue weighted by atomic mass is 35.5. The Balaban J connectivity index is 0.00000109. The zero-order chi connectivity index (χ0) is 18.6. The summed E-state index contributed by atoms with van der Waals surface area (Å²) in [7, 11) is 0. The Morgan fingerprint density at radius 3 is 2.28 bits per heavy atom. The lowest BCUT2D eigenvalue weighted by Gasteiger charge is -2.37. The summed E-state index contributed by atoms with van der Waals surface area (Å²) >= 11 is 7.80. The molecule has 7 heteroatoms. The van der Waals surface area contributed by atoms with Gasteiger partial charge in [-0.25, -0.2) is 4.79 Å². The lowest BCUT2D eigenvalue weighted by atomic mass is 10.1. The minimum atomic E-state index is -0.933. The van der Waals surface area contributed by atoms with E-state index in [2.05, 4.69) is 21.1 Å². The number of nitrogens with zero attached hydrogens (tertiary/aromatic N) is 3. The highest BCUT2D eigenvalue weighted by Crippen LogP contribution is 2.31. The smallest absolute Gasteiger partial charge is 0.335 e. The molecule has 0 spiro atoms. The van der Waals surface area contributed by atoms with Gasteiger partial charge in [0, 0.05) is 31.1 Å². The first kappa shape index (κ1) is 19.5. The van der Waals surface area contributed by atoms with Crippen LogP contribution in [0.15, 0.2) is 18.2 Å². The molecule has 0 amide bonds. The van der Waals surface area contributed by atoms with Crippen LogP contribution >= 0.6 is 23.1 Å². The van der Waals surface area contributed by atoms with Crippen molar-refractivity contribution in [1.82, 2.24) is 4.37 Å². The van der Waals surface area contributed by atoms with Crippen molar-refractivity contribution < 1.29 is 9.90 Å². The Hall–Kier alpha value is -1.79. The van der Waals surface area contributed by atoms with Gasteiger partial charge in [0.15, 0.2) is 0 Å². The van der Waals surface area contributed by atoms with Crippen molar-refractivity contribution in [3.63, 3.8) is 0 Å². The van der Waals surface area contributed by atoms with Gasteiger partial charge in [-0.2, -0.15) is 4.37 Å². The molecule has 1 saturated heterocycles. The third-order valence-electron chi connectivity index (χ3n) is 4.13.